The van der Waals surface area contributed by atoms with Crippen molar-refractivity contribution >= 4 is 23.8 Å². The third-order valence-electron chi connectivity index (χ3n) is 3.22. The predicted octanol–water partition coefficient (Wildman–Crippen LogP) is 1.45. The Morgan fingerprint density at radius 1 is 0.640 bits per heavy atom. The highest BCUT2D eigenvalue weighted by Crippen LogP contribution is 2.06. The van der Waals surface area contributed by atoms with Gasteiger partial charge in [-0.05, 0) is 33.6 Å². The molecule has 2 rings (SSSR count). The van der Waals surface area contributed by atoms with E-state index in [9.17, 15) is 0 Å². The number of anilines is 4. The fourth-order valence-electron chi connectivity index (χ4n) is 2.12. The van der Waals surface area contributed by atoms with Crippen molar-refractivity contribution in [2.24, 2.45) is 0 Å². The normalized spacial score (nSPS) is 10.4. The van der Waals surface area contributed by atoms with E-state index in [2.05, 4.69) is 51.2 Å². The van der Waals surface area contributed by atoms with Crippen molar-refractivity contribution in [1.29, 1.82) is 0 Å². The molecule has 0 aliphatic rings. The van der Waals surface area contributed by atoms with Crippen LogP contribution in [-0.4, -0.2) is 56.6 Å². The van der Waals surface area contributed by atoms with Crippen LogP contribution < -0.4 is 21.3 Å². The van der Waals surface area contributed by atoms with Crippen molar-refractivity contribution in [2.75, 3.05) is 47.9 Å². The van der Waals surface area contributed by atoms with E-state index in [1.807, 2.05) is 20.8 Å². The molecule has 2 aromatic heterocycles. The average Bonchev–Trinajstić information content (AvgIpc) is 2.57. The van der Waals surface area contributed by atoms with Crippen LogP contribution in [0, 0.1) is 13.8 Å². The van der Waals surface area contributed by atoms with E-state index in [4.69, 9.17) is 0 Å². The fourth-order valence-corrected chi connectivity index (χ4v) is 2.12. The second-order valence-corrected chi connectivity index (χ2v) is 5.40. The topological polar surface area (TPSA) is 125 Å². The largest absolute Gasteiger partial charge is 0.357 e. The second-order valence-electron chi connectivity index (χ2n) is 5.40. The number of aryl methyl sites for hydroxylation is 2. The summed E-state index contributed by atoms with van der Waals surface area (Å²) in [5.74, 6) is 3.74. The number of hydrogen-bond donors (Lipinski definition) is 4. The third kappa shape index (κ3) is 6.32. The number of nitrogens with zero attached hydrogens (tertiary/aromatic N) is 6. The van der Waals surface area contributed by atoms with Gasteiger partial charge in [0.2, 0.25) is 23.8 Å². The van der Waals surface area contributed by atoms with Crippen LogP contribution >= 0.6 is 0 Å². The Kier molecular flexibility index (Phi) is 7.05. The molecule has 0 saturated heterocycles. The summed E-state index contributed by atoms with van der Waals surface area (Å²) in [7, 11) is 1.79. The zero-order valence-corrected chi connectivity index (χ0v) is 15.2. The lowest BCUT2D eigenvalue weighted by molar-refractivity contribution is 0.780. The lowest BCUT2D eigenvalue weighted by Gasteiger charge is -2.09. The van der Waals surface area contributed by atoms with Gasteiger partial charge in [0.15, 0.2) is 0 Å². The average molecular weight is 346 g/mol. The Bertz CT molecular complexity index is 675. The number of aromatic nitrogens is 6. The van der Waals surface area contributed by atoms with Crippen LogP contribution in [0.25, 0.3) is 0 Å². The van der Waals surface area contributed by atoms with Gasteiger partial charge in [-0.25, -0.2) is 0 Å². The fraction of sp³-hybridized carbons (Fsp3) is 0.600. The molecule has 25 heavy (non-hydrogen) atoms. The second kappa shape index (κ2) is 9.50. The quantitative estimate of drug-likeness (QED) is 0.470. The molecule has 0 radical (unpaired) electrons. The van der Waals surface area contributed by atoms with Crippen LogP contribution in [0.15, 0.2) is 0 Å². The predicted molar refractivity (Wildman–Crippen MR) is 99.1 cm³/mol. The monoisotopic (exact) mass is 346 g/mol. The summed E-state index contributed by atoms with van der Waals surface area (Å²) in [5, 5.41) is 12.5. The molecule has 0 spiro atoms. The van der Waals surface area contributed by atoms with Gasteiger partial charge in [0.25, 0.3) is 0 Å². The molecular formula is C15H26N10. The van der Waals surface area contributed by atoms with Crippen molar-refractivity contribution < 1.29 is 0 Å². The summed E-state index contributed by atoms with van der Waals surface area (Å²) >= 11 is 0. The van der Waals surface area contributed by atoms with Crippen molar-refractivity contribution in [3.05, 3.63) is 11.6 Å². The zero-order valence-electron chi connectivity index (χ0n) is 15.2. The number of rotatable bonds is 10. The number of hydrogen-bond acceptors (Lipinski definition) is 10. The molecule has 2 heterocycles. The maximum absolute atomic E-state index is 4.32. The van der Waals surface area contributed by atoms with Crippen molar-refractivity contribution in [1.82, 2.24) is 29.9 Å². The van der Waals surface area contributed by atoms with Crippen LogP contribution in [0.3, 0.4) is 0 Å². The van der Waals surface area contributed by atoms with Gasteiger partial charge in [-0.15, -0.1) is 0 Å². The van der Waals surface area contributed by atoms with Crippen LogP contribution in [0.1, 0.15) is 31.4 Å². The standard InChI is InChI=1S/C15H26N10/c1-5-17-13-21-11(3)23-15(25-13)19-9-7-6-8-18-14-22-10(2)20-12(16-4)24-14/h5-9H2,1-4H3,(H2,16,18,20,22,24)(H2,17,19,21,23,25). The molecule has 0 fully saturated rings. The maximum atomic E-state index is 4.32. The first-order chi connectivity index (χ1) is 12.1. The van der Waals surface area contributed by atoms with Gasteiger partial charge in [0, 0.05) is 26.7 Å². The van der Waals surface area contributed by atoms with E-state index in [0.29, 0.717) is 35.4 Å². The zero-order chi connectivity index (χ0) is 18.1. The van der Waals surface area contributed by atoms with E-state index >= 15 is 0 Å². The minimum absolute atomic E-state index is 0.568. The molecule has 0 aliphatic carbocycles. The SMILES string of the molecule is CCNc1nc(C)nc(NCCCCNc2nc(C)nc(NC)n2)n1. The Balaban J connectivity index is 1.71. The molecule has 0 aromatic carbocycles. The van der Waals surface area contributed by atoms with Crippen molar-refractivity contribution in [3.63, 3.8) is 0 Å². The lowest BCUT2D eigenvalue weighted by atomic mass is 10.3. The molecule has 0 amide bonds. The summed E-state index contributed by atoms with van der Waals surface area (Å²) < 4.78 is 0. The van der Waals surface area contributed by atoms with Crippen LogP contribution in [-0.2, 0) is 0 Å². The summed E-state index contributed by atoms with van der Waals surface area (Å²) in [4.78, 5) is 25.5. The number of nitrogens with one attached hydrogen (secondary N) is 4. The van der Waals surface area contributed by atoms with E-state index in [0.717, 1.165) is 32.5 Å². The van der Waals surface area contributed by atoms with Crippen molar-refractivity contribution in [2.45, 2.75) is 33.6 Å². The molecule has 0 aliphatic heterocycles. The van der Waals surface area contributed by atoms with Gasteiger partial charge in [-0.3, -0.25) is 0 Å². The van der Waals surface area contributed by atoms with E-state index < -0.39 is 0 Å². The molecular weight excluding hydrogens is 320 g/mol. The van der Waals surface area contributed by atoms with Gasteiger partial charge in [0.05, 0.1) is 0 Å². The smallest absolute Gasteiger partial charge is 0.227 e. The maximum Gasteiger partial charge on any atom is 0.227 e. The van der Waals surface area contributed by atoms with Gasteiger partial charge >= 0.3 is 0 Å². The summed E-state index contributed by atoms with van der Waals surface area (Å²) in [5.41, 5.74) is 0. The van der Waals surface area contributed by atoms with Gasteiger partial charge < -0.3 is 21.3 Å². The molecule has 0 saturated carbocycles. The van der Waals surface area contributed by atoms with Crippen molar-refractivity contribution in [3.8, 4) is 0 Å². The molecule has 10 nitrogen and oxygen atoms in total. The molecule has 0 bridgehead atoms. The highest BCUT2D eigenvalue weighted by atomic mass is 15.2. The molecule has 2 aromatic rings. The molecule has 4 N–H and O–H groups in total. The third-order valence-corrected chi connectivity index (χ3v) is 3.22. The lowest BCUT2D eigenvalue weighted by Crippen LogP contribution is -2.13. The van der Waals surface area contributed by atoms with Gasteiger partial charge in [-0.2, -0.15) is 29.9 Å². The highest BCUT2D eigenvalue weighted by molar-refractivity contribution is 5.34. The Morgan fingerprint density at radius 3 is 1.56 bits per heavy atom. The van der Waals surface area contributed by atoms with E-state index in [-0.39, 0.29) is 0 Å². The van der Waals surface area contributed by atoms with Crippen LogP contribution in [0.4, 0.5) is 23.8 Å². The Morgan fingerprint density at radius 2 is 1.08 bits per heavy atom. The van der Waals surface area contributed by atoms with Gasteiger partial charge in [0.1, 0.15) is 11.6 Å². The Hall–Kier alpha value is -2.78. The molecule has 10 heteroatoms. The minimum atomic E-state index is 0.568. The highest BCUT2D eigenvalue weighted by Gasteiger charge is 2.03. The van der Waals surface area contributed by atoms with E-state index in [1.54, 1.807) is 7.05 Å². The van der Waals surface area contributed by atoms with Crippen LogP contribution in [0.5, 0.6) is 0 Å². The summed E-state index contributed by atoms with van der Waals surface area (Å²) in [6.07, 6.45) is 1.94. The summed E-state index contributed by atoms with van der Waals surface area (Å²) in [6.45, 7) is 8.05. The first-order valence-corrected chi connectivity index (χ1v) is 8.45. The molecule has 0 atom stereocenters. The first-order valence-electron chi connectivity index (χ1n) is 8.45. The Labute approximate surface area is 147 Å². The molecule has 0 unspecified atom stereocenters. The molecule has 136 valence electrons. The van der Waals surface area contributed by atoms with E-state index in [1.165, 1.54) is 0 Å². The minimum Gasteiger partial charge on any atom is -0.357 e. The van der Waals surface area contributed by atoms with Gasteiger partial charge in [-0.1, -0.05) is 0 Å². The first kappa shape index (κ1) is 18.6. The number of unbranched alkanes of at least 4 members (excludes halogenated alkanes) is 1. The summed E-state index contributed by atoms with van der Waals surface area (Å²) in [6, 6.07) is 0. The van der Waals surface area contributed by atoms with Crippen LogP contribution in [0.2, 0.25) is 0 Å².